The molecule has 0 atom stereocenters. The number of nitrogens with one attached hydrogen (secondary N) is 1. The lowest BCUT2D eigenvalue weighted by Gasteiger charge is -2.24. The van der Waals surface area contributed by atoms with Crippen LogP contribution in [0.3, 0.4) is 0 Å². The summed E-state index contributed by atoms with van der Waals surface area (Å²) in [7, 11) is 0. The zero-order valence-electron chi connectivity index (χ0n) is 11.0. The Kier molecular flexibility index (Phi) is 4.98. The van der Waals surface area contributed by atoms with Crippen molar-refractivity contribution in [2.24, 2.45) is 0 Å². The third-order valence-corrected chi connectivity index (χ3v) is 3.38. The Morgan fingerprint density at radius 3 is 3.05 bits per heavy atom. The maximum Gasteiger partial charge on any atom is 0.225 e. The lowest BCUT2D eigenvalue weighted by molar-refractivity contribution is -0.116. The summed E-state index contributed by atoms with van der Waals surface area (Å²) in [6.45, 7) is 2.15. The Morgan fingerprint density at radius 2 is 2.30 bits per heavy atom. The van der Waals surface area contributed by atoms with Crippen LogP contribution >= 0.6 is 11.6 Å². The molecule has 20 heavy (non-hydrogen) atoms. The smallest absolute Gasteiger partial charge is 0.225 e. The van der Waals surface area contributed by atoms with Crippen LogP contribution in [0, 0.1) is 5.82 Å². The van der Waals surface area contributed by atoms with Crippen molar-refractivity contribution in [2.45, 2.75) is 12.8 Å². The van der Waals surface area contributed by atoms with Gasteiger partial charge in [-0.3, -0.25) is 9.69 Å². The first kappa shape index (κ1) is 14.8. The molecule has 0 aliphatic carbocycles. The van der Waals surface area contributed by atoms with E-state index < -0.39 is 5.82 Å². The third-order valence-electron chi connectivity index (χ3n) is 3.11. The standard InChI is InChI=1S/C14H17ClFN3O/c15-10-2-1-6-19(9-10)7-5-14(20)18-13-8-11(17)3-4-12(13)16/h2-4,8H,1,5-7,9,17H2,(H,18,20). The number of benzene rings is 1. The molecule has 0 saturated carbocycles. The molecule has 0 radical (unpaired) electrons. The van der Waals surface area contributed by atoms with Crippen LogP contribution in [0.15, 0.2) is 29.3 Å². The second-order valence-electron chi connectivity index (χ2n) is 4.75. The number of nitrogens with zero attached hydrogens (tertiary/aromatic N) is 1. The first-order valence-electron chi connectivity index (χ1n) is 6.46. The van der Waals surface area contributed by atoms with Gasteiger partial charge in [0.2, 0.25) is 5.91 Å². The van der Waals surface area contributed by atoms with Gasteiger partial charge in [0.25, 0.3) is 0 Å². The fraction of sp³-hybridized carbons (Fsp3) is 0.357. The molecule has 3 N–H and O–H groups in total. The highest BCUT2D eigenvalue weighted by Gasteiger charge is 2.13. The number of rotatable bonds is 4. The van der Waals surface area contributed by atoms with Crippen LogP contribution in [0.4, 0.5) is 15.8 Å². The molecular formula is C14H17ClFN3O. The maximum absolute atomic E-state index is 13.5. The van der Waals surface area contributed by atoms with Gasteiger partial charge in [0.1, 0.15) is 5.82 Å². The molecule has 1 aliphatic rings. The summed E-state index contributed by atoms with van der Waals surface area (Å²) >= 11 is 5.95. The molecule has 1 aromatic rings. The van der Waals surface area contributed by atoms with Crippen LogP contribution in [-0.4, -0.2) is 30.4 Å². The van der Waals surface area contributed by atoms with Crippen LogP contribution in [0.2, 0.25) is 0 Å². The Bertz CT molecular complexity index is 533. The molecule has 108 valence electrons. The van der Waals surface area contributed by atoms with Crippen LogP contribution in [0.5, 0.6) is 0 Å². The van der Waals surface area contributed by atoms with E-state index in [4.69, 9.17) is 17.3 Å². The molecule has 0 unspecified atom stereocenters. The Morgan fingerprint density at radius 1 is 1.50 bits per heavy atom. The van der Waals surface area contributed by atoms with Crippen molar-refractivity contribution in [1.82, 2.24) is 4.90 Å². The quantitative estimate of drug-likeness (QED) is 0.840. The Hall–Kier alpha value is -1.59. The highest BCUT2D eigenvalue weighted by atomic mass is 35.5. The van der Waals surface area contributed by atoms with Gasteiger partial charge < -0.3 is 11.1 Å². The van der Waals surface area contributed by atoms with E-state index in [1.54, 1.807) is 0 Å². The number of carbonyl (C=O) groups excluding carboxylic acids is 1. The summed E-state index contributed by atoms with van der Waals surface area (Å²) in [5.74, 6) is -0.725. The summed E-state index contributed by atoms with van der Waals surface area (Å²) in [4.78, 5) is 13.9. The van der Waals surface area contributed by atoms with Gasteiger partial charge in [-0.25, -0.2) is 4.39 Å². The average molecular weight is 298 g/mol. The number of nitrogen functional groups attached to an aromatic ring is 1. The van der Waals surface area contributed by atoms with Crippen molar-refractivity contribution in [3.63, 3.8) is 0 Å². The molecule has 0 aromatic heterocycles. The van der Waals surface area contributed by atoms with E-state index in [0.717, 1.165) is 18.0 Å². The zero-order chi connectivity index (χ0) is 14.5. The molecule has 4 nitrogen and oxygen atoms in total. The summed E-state index contributed by atoms with van der Waals surface area (Å²) in [5, 5.41) is 3.34. The molecule has 0 bridgehead atoms. The maximum atomic E-state index is 13.5. The third kappa shape index (κ3) is 4.21. The number of nitrogens with two attached hydrogens (primary N) is 1. The summed E-state index contributed by atoms with van der Waals surface area (Å²) in [5.41, 5.74) is 6.09. The van der Waals surface area contributed by atoms with Crippen molar-refractivity contribution in [2.75, 3.05) is 30.7 Å². The fourth-order valence-electron chi connectivity index (χ4n) is 2.06. The van der Waals surface area contributed by atoms with E-state index in [9.17, 15) is 9.18 Å². The number of anilines is 2. The van der Waals surface area contributed by atoms with Crippen LogP contribution in [-0.2, 0) is 4.79 Å². The van der Waals surface area contributed by atoms with E-state index >= 15 is 0 Å². The molecule has 1 amide bonds. The lowest BCUT2D eigenvalue weighted by atomic mass is 10.2. The molecule has 1 aromatic carbocycles. The van der Waals surface area contributed by atoms with E-state index in [1.807, 2.05) is 6.08 Å². The first-order chi connectivity index (χ1) is 9.54. The lowest BCUT2D eigenvalue weighted by Crippen LogP contribution is -2.32. The molecule has 0 fully saturated rings. The number of hydrogen-bond donors (Lipinski definition) is 2. The van der Waals surface area contributed by atoms with Gasteiger partial charge in [-0.2, -0.15) is 0 Å². The molecule has 2 rings (SSSR count). The minimum absolute atomic E-state index is 0.117. The number of carbonyl (C=O) groups is 1. The van der Waals surface area contributed by atoms with Crippen molar-refractivity contribution in [3.8, 4) is 0 Å². The van der Waals surface area contributed by atoms with Gasteiger partial charge in [-0.1, -0.05) is 17.7 Å². The first-order valence-corrected chi connectivity index (χ1v) is 6.84. The summed E-state index contributed by atoms with van der Waals surface area (Å²) in [6.07, 6.45) is 3.17. The highest BCUT2D eigenvalue weighted by molar-refractivity contribution is 6.29. The topological polar surface area (TPSA) is 58.4 Å². The monoisotopic (exact) mass is 297 g/mol. The normalized spacial score (nSPS) is 15.8. The highest BCUT2D eigenvalue weighted by Crippen LogP contribution is 2.18. The van der Waals surface area contributed by atoms with Crippen LogP contribution in [0.25, 0.3) is 0 Å². The largest absolute Gasteiger partial charge is 0.399 e. The zero-order valence-corrected chi connectivity index (χ0v) is 11.8. The molecule has 0 saturated heterocycles. The van der Waals surface area contributed by atoms with Crippen molar-refractivity contribution < 1.29 is 9.18 Å². The Balaban J connectivity index is 1.83. The van der Waals surface area contributed by atoms with Crippen molar-refractivity contribution in [3.05, 3.63) is 35.1 Å². The van der Waals surface area contributed by atoms with Crippen molar-refractivity contribution in [1.29, 1.82) is 0 Å². The molecule has 6 heteroatoms. The van der Waals surface area contributed by atoms with Gasteiger partial charge in [-0.15, -0.1) is 0 Å². The minimum Gasteiger partial charge on any atom is -0.399 e. The van der Waals surface area contributed by atoms with Crippen molar-refractivity contribution >= 4 is 28.9 Å². The van der Waals surface area contributed by atoms with E-state index in [1.165, 1.54) is 18.2 Å². The van der Waals surface area contributed by atoms with Gasteiger partial charge >= 0.3 is 0 Å². The second-order valence-corrected chi connectivity index (χ2v) is 5.24. The van der Waals surface area contributed by atoms with Crippen LogP contribution in [0.1, 0.15) is 12.8 Å². The summed E-state index contributed by atoms with van der Waals surface area (Å²) in [6, 6.07) is 4.10. The molecular weight excluding hydrogens is 281 g/mol. The van der Waals surface area contributed by atoms with Crippen LogP contribution < -0.4 is 11.1 Å². The fourth-order valence-corrected chi connectivity index (χ4v) is 2.34. The minimum atomic E-state index is -0.489. The number of amides is 1. The summed E-state index contributed by atoms with van der Waals surface area (Å²) < 4.78 is 13.5. The number of halogens is 2. The second kappa shape index (κ2) is 6.72. The van der Waals surface area contributed by atoms with Gasteiger partial charge in [0.15, 0.2) is 0 Å². The van der Waals surface area contributed by atoms with E-state index in [-0.39, 0.29) is 11.6 Å². The molecule has 1 heterocycles. The predicted octanol–water partition coefficient (Wildman–Crippen LogP) is 2.56. The van der Waals surface area contributed by atoms with E-state index in [0.29, 0.717) is 25.2 Å². The number of hydrogen-bond acceptors (Lipinski definition) is 3. The molecule has 1 aliphatic heterocycles. The van der Waals surface area contributed by atoms with Gasteiger partial charge in [-0.05, 0) is 24.6 Å². The Labute approximate surface area is 122 Å². The van der Waals surface area contributed by atoms with Gasteiger partial charge in [0.05, 0.1) is 5.69 Å². The molecule has 0 spiro atoms. The predicted molar refractivity (Wildman–Crippen MR) is 79.1 cm³/mol. The van der Waals surface area contributed by atoms with Gasteiger partial charge in [0, 0.05) is 36.8 Å². The van der Waals surface area contributed by atoms with E-state index in [2.05, 4.69) is 10.2 Å². The SMILES string of the molecule is Nc1ccc(F)c(NC(=O)CCN2CCC=C(Cl)C2)c1. The average Bonchev–Trinajstić information content (AvgIpc) is 2.41.